The van der Waals surface area contributed by atoms with E-state index in [4.69, 9.17) is 16.3 Å². The van der Waals surface area contributed by atoms with Crippen molar-refractivity contribution in [1.29, 1.82) is 0 Å². The second-order valence-corrected chi connectivity index (χ2v) is 5.57. The molecule has 0 saturated heterocycles. The van der Waals surface area contributed by atoms with Gasteiger partial charge in [0, 0.05) is 12.6 Å². The number of pyridine rings is 1. The fourth-order valence-electron chi connectivity index (χ4n) is 1.84. The van der Waals surface area contributed by atoms with Crippen molar-refractivity contribution >= 4 is 34.2 Å². The van der Waals surface area contributed by atoms with Crippen molar-refractivity contribution in [1.82, 2.24) is 4.57 Å². The van der Waals surface area contributed by atoms with Crippen molar-refractivity contribution in [2.45, 2.75) is 6.92 Å². The number of nitrogens with zero attached hydrogens (tertiary/aromatic N) is 1. The smallest absolute Gasteiger partial charge is 0.264 e. The van der Waals surface area contributed by atoms with Crippen LogP contribution in [0.3, 0.4) is 0 Å². The van der Waals surface area contributed by atoms with Gasteiger partial charge in [-0.15, -0.1) is 0 Å². The van der Waals surface area contributed by atoms with Gasteiger partial charge in [-0.1, -0.05) is 11.6 Å². The van der Waals surface area contributed by atoms with E-state index in [0.29, 0.717) is 15.2 Å². The summed E-state index contributed by atoms with van der Waals surface area (Å²) < 4.78 is 7.68. The minimum absolute atomic E-state index is 0.0250. The molecule has 0 atom stereocenters. The van der Waals surface area contributed by atoms with Gasteiger partial charge in [0.25, 0.3) is 5.56 Å². The molecule has 1 aromatic heterocycles. The number of ether oxygens (including phenoxy) is 1. The lowest BCUT2D eigenvalue weighted by molar-refractivity contribution is 0.340. The Hall–Kier alpha value is -1.01. The summed E-state index contributed by atoms with van der Waals surface area (Å²) in [5.74, 6) is 0.728. The number of aromatic nitrogens is 1. The Balaban J connectivity index is 2.54. The Morgan fingerprint density at radius 2 is 2.05 bits per heavy atom. The molecule has 0 N–H and O–H groups in total. The van der Waals surface area contributed by atoms with Crippen LogP contribution in [0.4, 0.5) is 0 Å². The number of rotatable bonds is 3. The van der Waals surface area contributed by atoms with Crippen LogP contribution in [0, 0.1) is 3.57 Å². The van der Waals surface area contributed by atoms with Crippen LogP contribution in [0.2, 0.25) is 5.02 Å². The van der Waals surface area contributed by atoms with Gasteiger partial charge in [0.05, 0.1) is 20.9 Å². The molecule has 0 radical (unpaired) electrons. The first-order valence-corrected chi connectivity index (χ1v) is 7.28. The maximum atomic E-state index is 11.9. The minimum Gasteiger partial charge on any atom is -0.494 e. The first-order valence-electron chi connectivity index (χ1n) is 5.83. The standard InChI is InChI=1S/C14H13ClINO2/c1-3-19-9-4-5-10(11(15)8-9)13-7-6-12(16)14(18)17(13)2/h4-8H,3H2,1-2H3. The molecule has 3 nitrogen and oxygen atoms in total. The molecule has 0 spiro atoms. The third kappa shape index (κ3) is 2.95. The van der Waals surface area contributed by atoms with Crippen LogP contribution < -0.4 is 10.3 Å². The van der Waals surface area contributed by atoms with E-state index < -0.39 is 0 Å². The average molecular weight is 390 g/mol. The summed E-state index contributed by atoms with van der Waals surface area (Å²) in [7, 11) is 1.74. The highest BCUT2D eigenvalue weighted by Gasteiger charge is 2.10. The van der Waals surface area contributed by atoms with E-state index in [9.17, 15) is 4.79 Å². The summed E-state index contributed by atoms with van der Waals surface area (Å²) >= 11 is 8.29. The average Bonchev–Trinajstić information content (AvgIpc) is 2.38. The van der Waals surface area contributed by atoms with Gasteiger partial charge in [-0.3, -0.25) is 4.79 Å². The van der Waals surface area contributed by atoms with Crippen molar-refractivity contribution in [2.24, 2.45) is 7.05 Å². The Kier molecular flexibility index (Phi) is 4.52. The van der Waals surface area contributed by atoms with Crippen LogP contribution in [0.1, 0.15) is 6.92 Å². The van der Waals surface area contributed by atoms with E-state index in [2.05, 4.69) is 0 Å². The fourth-order valence-corrected chi connectivity index (χ4v) is 2.64. The summed E-state index contributed by atoms with van der Waals surface area (Å²) in [5, 5.41) is 0.571. The molecular weight excluding hydrogens is 377 g/mol. The quantitative estimate of drug-likeness (QED) is 0.750. The summed E-state index contributed by atoms with van der Waals surface area (Å²) in [4.78, 5) is 11.9. The van der Waals surface area contributed by atoms with Crippen LogP contribution in [0.25, 0.3) is 11.3 Å². The largest absolute Gasteiger partial charge is 0.494 e. The molecule has 0 aliphatic heterocycles. The van der Waals surface area contributed by atoms with E-state index in [1.165, 1.54) is 0 Å². The monoisotopic (exact) mass is 389 g/mol. The zero-order chi connectivity index (χ0) is 14.0. The Morgan fingerprint density at radius 3 is 2.68 bits per heavy atom. The van der Waals surface area contributed by atoms with Gasteiger partial charge in [0.15, 0.2) is 0 Å². The van der Waals surface area contributed by atoms with Gasteiger partial charge < -0.3 is 9.30 Å². The van der Waals surface area contributed by atoms with Crippen molar-refractivity contribution in [3.8, 4) is 17.0 Å². The van der Waals surface area contributed by atoms with Crippen LogP contribution in [0.5, 0.6) is 5.75 Å². The lowest BCUT2D eigenvalue weighted by atomic mass is 10.1. The number of hydrogen-bond donors (Lipinski definition) is 0. The Labute approximate surface area is 130 Å². The van der Waals surface area contributed by atoms with E-state index >= 15 is 0 Å². The highest BCUT2D eigenvalue weighted by atomic mass is 127. The molecule has 2 aromatic rings. The summed E-state index contributed by atoms with van der Waals surface area (Å²) in [6.45, 7) is 2.52. The molecule has 2 rings (SSSR count). The lowest BCUT2D eigenvalue weighted by Crippen LogP contribution is -2.20. The van der Waals surface area contributed by atoms with E-state index in [1.807, 2.05) is 47.7 Å². The summed E-state index contributed by atoms with van der Waals surface area (Å²) in [5.41, 5.74) is 1.59. The zero-order valence-electron chi connectivity index (χ0n) is 10.6. The third-order valence-electron chi connectivity index (χ3n) is 2.79. The molecule has 0 fully saturated rings. The second-order valence-electron chi connectivity index (χ2n) is 4.01. The van der Waals surface area contributed by atoms with Gasteiger partial charge in [-0.05, 0) is 59.8 Å². The molecule has 19 heavy (non-hydrogen) atoms. The van der Waals surface area contributed by atoms with Crippen LogP contribution in [-0.4, -0.2) is 11.2 Å². The first-order chi connectivity index (χ1) is 9.04. The molecule has 1 aromatic carbocycles. The highest BCUT2D eigenvalue weighted by molar-refractivity contribution is 14.1. The molecule has 100 valence electrons. The zero-order valence-corrected chi connectivity index (χ0v) is 13.5. The molecule has 5 heteroatoms. The maximum Gasteiger partial charge on any atom is 0.264 e. The molecule has 0 unspecified atom stereocenters. The Bertz CT molecular complexity index is 667. The van der Waals surface area contributed by atoms with Crippen LogP contribution in [0.15, 0.2) is 35.1 Å². The minimum atomic E-state index is -0.0250. The van der Waals surface area contributed by atoms with Crippen molar-refractivity contribution < 1.29 is 4.74 Å². The topological polar surface area (TPSA) is 31.2 Å². The summed E-state index contributed by atoms with van der Waals surface area (Å²) in [6.07, 6.45) is 0. The van der Waals surface area contributed by atoms with Gasteiger partial charge in [-0.25, -0.2) is 0 Å². The molecular formula is C14H13ClINO2. The SMILES string of the molecule is CCOc1ccc(-c2ccc(I)c(=O)n2C)c(Cl)c1. The maximum absolute atomic E-state index is 11.9. The third-order valence-corrected chi connectivity index (χ3v) is 3.92. The van der Waals surface area contributed by atoms with Crippen molar-refractivity contribution in [3.63, 3.8) is 0 Å². The molecule has 0 saturated carbocycles. The number of hydrogen-bond acceptors (Lipinski definition) is 2. The van der Waals surface area contributed by atoms with Gasteiger partial charge in [0.1, 0.15) is 5.75 Å². The highest BCUT2D eigenvalue weighted by Crippen LogP contribution is 2.30. The first kappa shape index (κ1) is 14.4. The predicted molar refractivity (Wildman–Crippen MR) is 86.0 cm³/mol. The van der Waals surface area contributed by atoms with Crippen molar-refractivity contribution in [3.05, 3.63) is 49.3 Å². The molecule has 0 bridgehead atoms. The van der Waals surface area contributed by atoms with Crippen LogP contribution >= 0.6 is 34.2 Å². The lowest BCUT2D eigenvalue weighted by Gasteiger charge is -2.11. The summed E-state index contributed by atoms with van der Waals surface area (Å²) in [6, 6.07) is 9.18. The van der Waals surface area contributed by atoms with E-state index in [0.717, 1.165) is 17.0 Å². The molecule has 0 aliphatic carbocycles. The van der Waals surface area contributed by atoms with E-state index in [-0.39, 0.29) is 5.56 Å². The van der Waals surface area contributed by atoms with E-state index in [1.54, 1.807) is 23.7 Å². The molecule has 1 heterocycles. The normalized spacial score (nSPS) is 10.5. The van der Waals surface area contributed by atoms with Gasteiger partial charge in [-0.2, -0.15) is 0 Å². The predicted octanol–water partition coefficient (Wildman–Crippen LogP) is 3.71. The molecule has 0 amide bonds. The Morgan fingerprint density at radius 1 is 1.32 bits per heavy atom. The second kappa shape index (κ2) is 5.96. The number of halogens is 2. The van der Waals surface area contributed by atoms with Gasteiger partial charge in [0.2, 0.25) is 0 Å². The van der Waals surface area contributed by atoms with Crippen molar-refractivity contribution in [2.75, 3.05) is 6.61 Å². The van der Waals surface area contributed by atoms with Crippen LogP contribution in [-0.2, 0) is 7.05 Å². The molecule has 0 aliphatic rings. The van der Waals surface area contributed by atoms with Gasteiger partial charge >= 0.3 is 0 Å². The number of benzene rings is 1. The fraction of sp³-hybridized carbons (Fsp3) is 0.214.